The van der Waals surface area contributed by atoms with Crippen LogP contribution in [0.5, 0.6) is 0 Å². The number of fused-ring (bicyclic) bond motifs is 1. The number of pyridine rings is 1. The third-order valence-corrected chi connectivity index (χ3v) is 3.94. The molecule has 1 aliphatic rings. The van der Waals surface area contributed by atoms with Crippen molar-refractivity contribution >= 4 is 5.91 Å². The van der Waals surface area contributed by atoms with Gasteiger partial charge in [0.05, 0.1) is 5.56 Å². The Morgan fingerprint density at radius 1 is 1.24 bits per heavy atom. The average Bonchev–Trinajstić information content (AvgIpc) is 2.79. The van der Waals surface area contributed by atoms with E-state index < -0.39 is 5.72 Å². The van der Waals surface area contributed by atoms with Gasteiger partial charge in [0.2, 0.25) is 0 Å². The Kier molecular flexibility index (Phi) is 3.47. The van der Waals surface area contributed by atoms with Crippen molar-refractivity contribution in [1.82, 2.24) is 10.3 Å². The van der Waals surface area contributed by atoms with Gasteiger partial charge in [0.15, 0.2) is 5.72 Å². The second kappa shape index (κ2) is 5.30. The van der Waals surface area contributed by atoms with E-state index in [4.69, 9.17) is 0 Å². The molecule has 2 heterocycles. The van der Waals surface area contributed by atoms with E-state index in [1.54, 1.807) is 12.3 Å². The molecule has 0 saturated carbocycles. The molecule has 0 aliphatic carbocycles. The zero-order chi connectivity index (χ0) is 14.9. The second-order valence-corrected chi connectivity index (χ2v) is 5.39. The van der Waals surface area contributed by atoms with Crippen LogP contribution >= 0.6 is 0 Å². The van der Waals surface area contributed by atoms with Crippen LogP contribution in [0, 0.1) is 0 Å². The molecule has 1 aliphatic heterocycles. The predicted octanol–water partition coefficient (Wildman–Crippen LogP) is 2.36. The van der Waals surface area contributed by atoms with Gasteiger partial charge in [0.25, 0.3) is 5.91 Å². The summed E-state index contributed by atoms with van der Waals surface area (Å²) in [6.45, 7) is 2.16. The lowest BCUT2D eigenvalue weighted by atomic mass is 9.94. The average molecular weight is 282 g/mol. The van der Waals surface area contributed by atoms with Gasteiger partial charge in [-0.25, -0.2) is 0 Å². The number of aromatic nitrogens is 1. The van der Waals surface area contributed by atoms with Crippen molar-refractivity contribution in [2.75, 3.05) is 0 Å². The normalized spacial score (nSPS) is 20.2. The first-order chi connectivity index (χ1) is 10.1. The minimum atomic E-state index is -1.48. The summed E-state index contributed by atoms with van der Waals surface area (Å²) in [5, 5.41) is 13.5. The number of carbonyl (C=O) groups excluding carboxylic acids is 1. The highest BCUT2D eigenvalue weighted by molar-refractivity contribution is 6.00. The molecule has 4 nitrogen and oxygen atoms in total. The van der Waals surface area contributed by atoms with Crippen molar-refractivity contribution in [1.29, 1.82) is 0 Å². The molecule has 2 aromatic rings. The Balaban J connectivity index is 1.95. The van der Waals surface area contributed by atoms with Gasteiger partial charge in [-0.2, -0.15) is 0 Å². The Bertz CT molecular complexity index is 667. The molecule has 1 amide bonds. The summed E-state index contributed by atoms with van der Waals surface area (Å²) in [5.74, 6) is -0.273. The van der Waals surface area contributed by atoms with Crippen molar-refractivity contribution in [3.8, 4) is 0 Å². The highest BCUT2D eigenvalue weighted by Gasteiger charge is 2.42. The first-order valence-electron chi connectivity index (χ1n) is 7.24. The molecule has 21 heavy (non-hydrogen) atoms. The number of nitrogens with zero attached hydrogens (tertiary/aromatic N) is 1. The van der Waals surface area contributed by atoms with Crippen molar-refractivity contribution in [2.24, 2.45) is 0 Å². The number of hydrogen-bond donors (Lipinski definition) is 2. The zero-order valence-corrected chi connectivity index (χ0v) is 12.0. The minimum absolute atomic E-state index is 0.273. The Hall–Kier alpha value is -2.20. The topological polar surface area (TPSA) is 62.2 Å². The maximum absolute atomic E-state index is 12.0. The fraction of sp³-hybridized carbons (Fsp3) is 0.294. The largest absolute Gasteiger partial charge is 0.363 e. The Morgan fingerprint density at radius 2 is 2.00 bits per heavy atom. The molecule has 0 fully saturated rings. The minimum Gasteiger partial charge on any atom is -0.363 e. The van der Waals surface area contributed by atoms with E-state index in [2.05, 4.69) is 17.2 Å². The van der Waals surface area contributed by atoms with Crippen molar-refractivity contribution < 1.29 is 9.90 Å². The summed E-state index contributed by atoms with van der Waals surface area (Å²) < 4.78 is 0. The summed E-state index contributed by atoms with van der Waals surface area (Å²) >= 11 is 0. The Morgan fingerprint density at radius 3 is 2.71 bits per heavy atom. The molecule has 1 aromatic carbocycles. The highest BCUT2D eigenvalue weighted by atomic mass is 16.3. The first kappa shape index (κ1) is 13.8. The third kappa shape index (κ3) is 2.32. The van der Waals surface area contributed by atoms with Gasteiger partial charge in [0, 0.05) is 23.5 Å². The second-order valence-electron chi connectivity index (χ2n) is 5.39. The monoisotopic (exact) mass is 282 g/mol. The molecule has 0 saturated heterocycles. The number of aryl methyl sites for hydroxylation is 1. The van der Waals surface area contributed by atoms with Gasteiger partial charge in [-0.15, -0.1) is 0 Å². The molecule has 0 spiro atoms. The molecule has 108 valence electrons. The Labute approximate surface area is 123 Å². The van der Waals surface area contributed by atoms with Crippen LogP contribution in [0.15, 0.2) is 42.7 Å². The highest BCUT2D eigenvalue weighted by Crippen LogP contribution is 2.34. The molecule has 4 heteroatoms. The third-order valence-electron chi connectivity index (χ3n) is 3.94. The fourth-order valence-corrected chi connectivity index (χ4v) is 2.70. The van der Waals surface area contributed by atoms with Crippen molar-refractivity contribution in [2.45, 2.75) is 31.9 Å². The summed E-state index contributed by atoms with van der Waals surface area (Å²) in [7, 11) is 0. The van der Waals surface area contributed by atoms with Crippen molar-refractivity contribution in [3.63, 3.8) is 0 Å². The van der Waals surface area contributed by atoms with E-state index in [9.17, 15) is 9.90 Å². The van der Waals surface area contributed by atoms with E-state index in [0.29, 0.717) is 16.7 Å². The van der Waals surface area contributed by atoms with Crippen LogP contribution in [0.4, 0.5) is 0 Å². The summed E-state index contributed by atoms with van der Waals surface area (Å²) in [6.07, 6.45) is 6.42. The maximum atomic E-state index is 12.0. The molecule has 0 bridgehead atoms. The number of amides is 1. The fourth-order valence-electron chi connectivity index (χ4n) is 2.70. The van der Waals surface area contributed by atoms with E-state index in [1.165, 1.54) is 11.8 Å². The molecule has 0 radical (unpaired) electrons. The predicted molar refractivity (Wildman–Crippen MR) is 79.8 cm³/mol. The first-order valence-corrected chi connectivity index (χ1v) is 7.24. The van der Waals surface area contributed by atoms with Crippen LogP contribution < -0.4 is 5.32 Å². The molecule has 1 unspecified atom stereocenters. The van der Waals surface area contributed by atoms with Crippen molar-refractivity contribution in [3.05, 3.63) is 65.0 Å². The van der Waals surface area contributed by atoms with E-state index in [1.807, 2.05) is 24.3 Å². The summed E-state index contributed by atoms with van der Waals surface area (Å²) in [4.78, 5) is 16.0. The smallest absolute Gasteiger partial charge is 0.254 e. The molecular formula is C17H18N2O2. The molecule has 3 rings (SSSR count). The lowest BCUT2D eigenvalue weighted by Crippen LogP contribution is -2.40. The number of benzene rings is 1. The standard InChI is InChI=1S/C17H18N2O2/c1-2-3-4-12-5-7-13(8-6-12)17(21)15-11-18-10-9-14(15)16(20)19-17/h5-11,21H,2-4H2,1H3,(H,19,20). The van der Waals surface area contributed by atoms with Gasteiger partial charge in [-0.05, 0) is 24.5 Å². The number of unbranched alkanes of at least 4 members (excludes halogenated alkanes) is 1. The SMILES string of the molecule is CCCCc1ccc(C2(O)NC(=O)c3ccncc32)cc1. The molecule has 1 atom stereocenters. The summed E-state index contributed by atoms with van der Waals surface area (Å²) in [5.41, 5.74) is 1.39. The van der Waals surface area contributed by atoms with Crippen LogP contribution in [0.2, 0.25) is 0 Å². The van der Waals surface area contributed by atoms with Gasteiger partial charge >= 0.3 is 0 Å². The number of hydrogen-bond acceptors (Lipinski definition) is 3. The number of nitrogens with one attached hydrogen (secondary N) is 1. The van der Waals surface area contributed by atoms with Crippen LogP contribution in [0.3, 0.4) is 0 Å². The van der Waals surface area contributed by atoms with Gasteiger partial charge < -0.3 is 10.4 Å². The van der Waals surface area contributed by atoms with Crippen LogP contribution in [-0.4, -0.2) is 16.0 Å². The number of aliphatic hydroxyl groups is 1. The quantitative estimate of drug-likeness (QED) is 0.905. The lowest BCUT2D eigenvalue weighted by molar-refractivity contribution is 0.0474. The van der Waals surface area contributed by atoms with Gasteiger partial charge in [-0.3, -0.25) is 9.78 Å². The van der Waals surface area contributed by atoms with E-state index in [0.717, 1.165) is 19.3 Å². The van der Waals surface area contributed by atoms with Crippen LogP contribution in [0.1, 0.15) is 46.8 Å². The zero-order valence-electron chi connectivity index (χ0n) is 12.0. The van der Waals surface area contributed by atoms with E-state index in [-0.39, 0.29) is 5.91 Å². The lowest BCUT2D eigenvalue weighted by Gasteiger charge is -2.24. The number of carbonyl (C=O) groups is 1. The van der Waals surface area contributed by atoms with Crippen LogP contribution in [0.25, 0.3) is 0 Å². The molecule has 2 N–H and O–H groups in total. The number of rotatable bonds is 4. The molecule has 1 aromatic heterocycles. The van der Waals surface area contributed by atoms with Crippen LogP contribution in [-0.2, 0) is 12.1 Å². The van der Waals surface area contributed by atoms with Gasteiger partial charge in [-0.1, -0.05) is 37.6 Å². The van der Waals surface area contributed by atoms with E-state index >= 15 is 0 Å². The van der Waals surface area contributed by atoms with Gasteiger partial charge in [0.1, 0.15) is 0 Å². The molecular weight excluding hydrogens is 264 g/mol. The summed E-state index contributed by atoms with van der Waals surface area (Å²) in [6, 6.07) is 9.37. The maximum Gasteiger partial charge on any atom is 0.254 e.